The van der Waals surface area contributed by atoms with Gasteiger partial charge >= 0.3 is 0 Å². The number of nitrogens with zero attached hydrogens (tertiary/aromatic N) is 2. The number of hydrogen-bond donors (Lipinski definition) is 1. The molecule has 22 heavy (non-hydrogen) atoms. The minimum atomic E-state index is -0.515. The normalized spacial score (nSPS) is 12.6. The van der Waals surface area contributed by atoms with Crippen molar-refractivity contribution in [2.45, 2.75) is 17.7 Å². The molecule has 1 N–H and O–H groups in total. The average Bonchev–Trinajstić information content (AvgIpc) is 3.06. The predicted octanol–water partition coefficient (Wildman–Crippen LogP) is 3.36. The van der Waals surface area contributed by atoms with Crippen LogP contribution in [0.2, 0.25) is 0 Å². The van der Waals surface area contributed by atoms with E-state index in [1.165, 1.54) is 16.6 Å². The van der Waals surface area contributed by atoms with Gasteiger partial charge in [0.2, 0.25) is 0 Å². The number of thioether (sulfide) groups is 1. The Bertz CT molecular complexity index is 714. The van der Waals surface area contributed by atoms with Gasteiger partial charge < -0.3 is 9.84 Å². The zero-order valence-electron chi connectivity index (χ0n) is 11.9. The fourth-order valence-corrected chi connectivity index (χ4v) is 3.55. The highest BCUT2D eigenvalue weighted by atomic mass is 32.2. The molecular weight excluding hydrogens is 316 g/mol. The number of aromatic nitrogens is 2. The molecule has 114 valence electrons. The summed E-state index contributed by atoms with van der Waals surface area (Å²) in [6.45, 7) is 0.879. The maximum Gasteiger partial charge on any atom is 0.117 e. The van der Waals surface area contributed by atoms with E-state index in [1.807, 2.05) is 41.8 Å². The number of para-hydroxylation sites is 1. The molecule has 0 aliphatic carbocycles. The van der Waals surface area contributed by atoms with Crippen LogP contribution in [0.25, 0.3) is 10.9 Å². The molecule has 0 aliphatic heterocycles. The third-order valence-electron chi connectivity index (χ3n) is 3.05. The first kappa shape index (κ1) is 15.4. The van der Waals surface area contributed by atoms with E-state index in [0.717, 1.165) is 15.9 Å². The Balaban J connectivity index is 1.50. The third-order valence-corrected chi connectivity index (χ3v) is 5.05. The lowest BCUT2D eigenvalue weighted by molar-refractivity contribution is 0.0409. The van der Waals surface area contributed by atoms with Crippen molar-refractivity contribution in [3.8, 4) is 0 Å². The molecule has 0 fully saturated rings. The first-order valence-electron chi connectivity index (χ1n) is 6.93. The van der Waals surface area contributed by atoms with Gasteiger partial charge in [0.1, 0.15) is 11.4 Å². The lowest BCUT2D eigenvalue weighted by atomic mass is 10.2. The first-order valence-corrected chi connectivity index (χ1v) is 8.80. The molecule has 1 aromatic carbocycles. The number of thiophene rings is 1. The fraction of sp³-hybridized carbons (Fsp3) is 0.250. The molecule has 0 radical (unpaired) electrons. The molecule has 0 saturated carbocycles. The van der Waals surface area contributed by atoms with Gasteiger partial charge in [0.25, 0.3) is 0 Å². The molecule has 0 spiro atoms. The van der Waals surface area contributed by atoms with Crippen molar-refractivity contribution >= 4 is 34.0 Å². The van der Waals surface area contributed by atoms with Crippen molar-refractivity contribution in [3.05, 3.63) is 53.0 Å². The molecule has 0 aliphatic rings. The highest BCUT2D eigenvalue weighted by molar-refractivity contribution is 7.99. The molecule has 0 amide bonds. The largest absolute Gasteiger partial charge is 0.390 e. The minimum Gasteiger partial charge on any atom is -0.390 e. The zero-order chi connectivity index (χ0) is 15.2. The Morgan fingerprint density at radius 2 is 2.09 bits per heavy atom. The molecule has 2 heterocycles. The molecule has 0 saturated heterocycles. The van der Waals surface area contributed by atoms with Crippen LogP contribution in [0.3, 0.4) is 0 Å². The van der Waals surface area contributed by atoms with Gasteiger partial charge in [-0.2, -0.15) is 0 Å². The van der Waals surface area contributed by atoms with Gasteiger partial charge in [0.05, 0.1) is 24.8 Å². The Labute approximate surface area is 137 Å². The molecular formula is C16H16N2O2S2. The van der Waals surface area contributed by atoms with E-state index in [-0.39, 0.29) is 0 Å². The minimum absolute atomic E-state index is 0.327. The molecule has 4 nitrogen and oxygen atoms in total. The summed E-state index contributed by atoms with van der Waals surface area (Å²) < 4.78 is 5.53. The van der Waals surface area contributed by atoms with E-state index in [4.69, 9.17) is 4.74 Å². The van der Waals surface area contributed by atoms with Gasteiger partial charge in [0.15, 0.2) is 0 Å². The zero-order valence-corrected chi connectivity index (χ0v) is 13.5. The van der Waals surface area contributed by atoms with E-state index in [1.54, 1.807) is 17.7 Å². The van der Waals surface area contributed by atoms with Gasteiger partial charge in [-0.05, 0) is 17.5 Å². The van der Waals surface area contributed by atoms with Crippen LogP contribution in [-0.2, 0) is 11.3 Å². The van der Waals surface area contributed by atoms with E-state index in [9.17, 15) is 5.11 Å². The van der Waals surface area contributed by atoms with E-state index < -0.39 is 6.10 Å². The van der Waals surface area contributed by atoms with Crippen LogP contribution in [0, 0.1) is 0 Å². The molecule has 3 aromatic rings. The number of ether oxygens (including phenoxy) is 1. The Kier molecular flexibility index (Phi) is 5.39. The lowest BCUT2D eigenvalue weighted by Crippen LogP contribution is -2.17. The Hall–Kier alpha value is -1.47. The average molecular weight is 332 g/mol. The molecule has 1 atom stereocenters. The summed E-state index contributed by atoms with van der Waals surface area (Å²) >= 11 is 3.18. The summed E-state index contributed by atoms with van der Waals surface area (Å²) in [6.07, 6.45) is 1.04. The number of benzene rings is 1. The summed E-state index contributed by atoms with van der Waals surface area (Å²) in [7, 11) is 0. The van der Waals surface area contributed by atoms with Crippen LogP contribution in [-0.4, -0.2) is 33.5 Å². The van der Waals surface area contributed by atoms with Gasteiger partial charge in [-0.15, -0.1) is 23.1 Å². The van der Waals surface area contributed by atoms with Crippen LogP contribution in [0.15, 0.2) is 53.1 Å². The van der Waals surface area contributed by atoms with E-state index in [2.05, 4.69) is 9.97 Å². The molecule has 2 aromatic heterocycles. The maximum absolute atomic E-state index is 10.0. The summed E-state index contributed by atoms with van der Waals surface area (Å²) in [5.41, 5.74) is 0.920. The highest BCUT2D eigenvalue weighted by Crippen LogP contribution is 2.24. The molecule has 6 heteroatoms. The van der Waals surface area contributed by atoms with Crippen molar-refractivity contribution < 1.29 is 9.84 Å². The Morgan fingerprint density at radius 3 is 2.95 bits per heavy atom. The number of fused-ring (bicyclic) bond motifs is 1. The first-order chi connectivity index (χ1) is 10.8. The summed E-state index contributed by atoms with van der Waals surface area (Å²) in [5.74, 6) is 0.547. The monoisotopic (exact) mass is 332 g/mol. The van der Waals surface area contributed by atoms with Crippen LogP contribution in [0.1, 0.15) is 4.88 Å². The second-order valence-electron chi connectivity index (χ2n) is 4.76. The second-order valence-corrected chi connectivity index (χ2v) is 6.80. The fourth-order valence-electron chi connectivity index (χ4n) is 2.01. The van der Waals surface area contributed by atoms with Gasteiger partial charge in [-0.3, -0.25) is 0 Å². The van der Waals surface area contributed by atoms with E-state index in [0.29, 0.717) is 19.0 Å². The standard InChI is InChI=1S/C16H16N2O2S2/c19-12(8-20-9-13-4-3-7-21-13)10-22-16-14-5-1-2-6-15(14)17-11-18-16/h1-7,11-12,19H,8-10H2/t12-/m0/s1. The summed E-state index contributed by atoms with van der Waals surface area (Å²) in [4.78, 5) is 9.71. The van der Waals surface area contributed by atoms with Crippen LogP contribution in [0.5, 0.6) is 0 Å². The number of aliphatic hydroxyl groups excluding tert-OH is 1. The van der Waals surface area contributed by atoms with Crippen molar-refractivity contribution in [1.82, 2.24) is 9.97 Å². The smallest absolute Gasteiger partial charge is 0.117 e. The van der Waals surface area contributed by atoms with Crippen molar-refractivity contribution in [1.29, 1.82) is 0 Å². The van der Waals surface area contributed by atoms with Crippen molar-refractivity contribution in [2.24, 2.45) is 0 Å². The summed E-state index contributed by atoms with van der Waals surface area (Å²) in [6, 6.07) is 11.9. The molecule has 3 rings (SSSR count). The van der Waals surface area contributed by atoms with Crippen molar-refractivity contribution in [2.75, 3.05) is 12.4 Å². The quantitative estimate of drug-likeness (QED) is 0.531. The van der Waals surface area contributed by atoms with Crippen LogP contribution < -0.4 is 0 Å². The third kappa shape index (κ3) is 4.04. The van der Waals surface area contributed by atoms with Gasteiger partial charge in [0, 0.05) is 16.0 Å². The number of hydrogen-bond acceptors (Lipinski definition) is 6. The second kappa shape index (κ2) is 7.69. The van der Waals surface area contributed by atoms with Crippen molar-refractivity contribution in [3.63, 3.8) is 0 Å². The lowest BCUT2D eigenvalue weighted by Gasteiger charge is -2.11. The molecule has 0 unspecified atom stereocenters. The van der Waals surface area contributed by atoms with Gasteiger partial charge in [-0.1, -0.05) is 24.3 Å². The Morgan fingerprint density at radius 1 is 1.18 bits per heavy atom. The summed E-state index contributed by atoms with van der Waals surface area (Å²) in [5, 5.41) is 14.0. The van der Waals surface area contributed by atoms with Gasteiger partial charge in [-0.25, -0.2) is 9.97 Å². The maximum atomic E-state index is 10.0. The number of rotatable bonds is 7. The predicted molar refractivity (Wildman–Crippen MR) is 90.2 cm³/mol. The van der Waals surface area contributed by atoms with E-state index >= 15 is 0 Å². The SMILES string of the molecule is O[C@@H](COCc1cccs1)CSc1ncnc2ccccc12. The van der Waals surface area contributed by atoms with Crippen LogP contribution in [0.4, 0.5) is 0 Å². The highest BCUT2D eigenvalue weighted by Gasteiger charge is 2.09. The molecule has 0 bridgehead atoms. The number of aliphatic hydroxyl groups is 1. The van der Waals surface area contributed by atoms with Crippen LogP contribution >= 0.6 is 23.1 Å². The topological polar surface area (TPSA) is 55.2 Å².